The molecule has 0 radical (unpaired) electrons. The zero-order valence-electron chi connectivity index (χ0n) is 11.2. The second-order valence-corrected chi connectivity index (χ2v) is 5.25. The van der Waals surface area contributed by atoms with Gasteiger partial charge in [-0.15, -0.1) is 0 Å². The molecule has 3 heteroatoms. The lowest BCUT2D eigenvalue weighted by molar-refractivity contribution is 0.441. The van der Waals surface area contributed by atoms with Crippen LogP contribution in [-0.4, -0.2) is 23.4 Å². The van der Waals surface area contributed by atoms with Crippen LogP contribution in [0, 0.1) is 0 Å². The van der Waals surface area contributed by atoms with Crippen molar-refractivity contribution in [3.05, 3.63) is 17.5 Å². The van der Waals surface area contributed by atoms with Gasteiger partial charge in [0.1, 0.15) is 0 Å². The summed E-state index contributed by atoms with van der Waals surface area (Å²) in [6.07, 6.45) is 11.5. The summed E-state index contributed by atoms with van der Waals surface area (Å²) in [7, 11) is 4.06. The summed E-state index contributed by atoms with van der Waals surface area (Å²) in [5, 5.41) is 7.86. The Morgan fingerprint density at radius 1 is 1.35 bits per heavy atom. The van der Waals surface area contributed by atoms with Gasteiger partial charge in [0.2, 0.25) is 0 Å². The van der Waals surface area contributed by atoms with Gasteiger partial charge in [0.25, 0.3) is 0 Å². The highest BCUT2D eigenvalue weighted by atomic mass is 15.2. The standard InChI is InChI=1S/C14H25N3/c1-15-10-6-9-14-13(11-17(2)16-14)12-7-4-3-5-8-12/h11-12,15H,3-10H2,1-2H3. The van der Waals surface area contributed by atoms with Gasteiger partial charge in [0.15, 0.2) is 0 Å². The van der Waals surface area contributed by atoms with Crippen LogP contribution >= 0.6 is 0 Å². The molecule has 0 bridgehead atoms. The summed E-state index contributed by atoms with van der Waals surface area (Å²) < 4.78 is 2.00. The van der Waals surface area contributed by atoms with Gasteiger partial charge in [-0.25, -0.2) is 0 Å². The molecule has 0 spiro atoms. The van der Waals surface area contributed by atoms with Crippen molar-refractivity contribution in [1.29, 1.82) is 0 Å². The van der Waals surface area contributed by atoms with E-state index in [1.165, 1.54) is 49.8 Å². The number of aromatic nitrogens is 2. The van der Waals surface area contributed by atoms with Crippen LogP contribution in [0.15, 0.2) is 6.20 Å². The number of nitrogens with zero attached hydrogens (tertiary/aromatic N) is 2. The number of nitrogens with one attached hydrogen (secondary N) is 1. The van der Waals surface area contributed by atoms with Crippen molar-refractivity contribution in [3.63, 3.8) is 0 Å². The van der Waals surface area contributed by atoms with E-state index in [9.17, 15) is 0 Å². The molecule has 1 saturated carbocycles. The van der Waals surface area contributed by atoms with Crippen molar-refractivity contribution in [2.45, 2.75) is 50.9 Å². The van der Waals surface area contributed by atoms with Gasteiger partial charge in [-0.3, -0.25) is 4.68 Å². The molecule has 0 aromatic carbocycles. The molecule has 0 aliphatic heterocycles. The third-order valence-electron chi connectivity index (χ3n) is 3.82. The largest absolute Gasteiger partial charge is 0.320 e. The Hall–Kier alpha value is -0.830. The first kappa shape index (κ1) is 12.6. The molecule has 0 amide bonds. The molecule has 96 valence electrons. The molecule has 1 aromatic rings. The zero-order chi connectivity index (χ0) is 12.1. The average Bonchev–Trinajstić information content (AvgIpc) is 2.72. The molecule has 1 aliphatic carbocycles. The lowest BCUT2D eigenvalue weighted by Gasteiger charge is -2.21. The summed E-state index contributed by atoms with van der Waals surface area (Å²) in [5.41, 5.74) is 2.87. The minimum atomic E-state index is 0.780. The van der Waals surface area contributed by atoms with E-state index >= 15 is 0 Å². The highest BCUT2D eigenvalue weighted by Gasteiger charge is 2.20. The molecule has 0 saturated heterocycles. The number of hydrogen-bond donors (Lipinski definition) is 1. The van der Waals surface area contributed by atoms with Crippen LogP contribution < -0.4 is 5.32 Å². The Labute approximate surface area is 105 Å². The van der Waals surface area contributed by atoms with Crippen LogP contribution in [0.1, 0.15) is 55.7 Å². The van der Waals surface area contributed by atoms with Crippen molar-refractivity contribution in [3.8, 4) is 0 Å². The first-order valence-corrected chi connectivity index (χ1v) is 6.98. The number of hydrogen-bond acceptors (Lipinski definition) is 2. The fourth-order valence-corrected chi connectivity index (χ4v) is 2.93. The third kappa shape index (κ3) is 3.32. The first-order valence-electron chi connectivity index (χ1n) is 6.98. The Bertz CT molecular complexity index is 337. The molecular weight excluding hydrogens is 210 g/mol. The van der Waals surface area contributed by atoms with E-state index in [0.717, 1.165) is 18.9 Å². The third-order valence-corrected chi connectivity index (χ3v) is 3.82. The number of rotatable bonds is 5. The lowest BCUT2D eigenvalue weighted by atomic mass is 9.84. The van der Waals surface area contributed by atoms with Gasteiger partial charge >= 0.3 is 0 Å². The second kappa shape index (κ2) is 6.20. The van der Waals surface area contributed by atoms with Crippen LogP contribution in [0.25, 0.3) is 0 Å². The molecule has 0 unspecified atom stereocenters. The van der Waals surface area contributed by atoms with Gasteiger partial charge in [0, 0.05) is 13.2 Å². The Balaban J connectivity index is 2.03. The van der Waals surface area contributed by atoms with E-state index in [1.54, 1.807) is 0 Å². The van der Waals surface area contributed by atoms with Gasteiger partial charge in [-0.2, -0.15) is 5.10 Å². The van der Waals surface area contributed by atoms with Crippen LogP contribution in [-0.2, 0) is 13.5 Å². The summed E-state index contributed by atoms with van der Waals surface area (Å²) in [4.78, 5) is 0. The van der Waals surface area contributed by atoms with Crippen molar-refractivity contribution >= 4 is 0 Å². The quantitative estimate of drug-likeness (QED) is 0.795. The number of aryl methyl sites for hydroxylation is 2. The van der Waals surface area contributed by atoms with Crippen molar-refractivity contribution < 1.29 is 0 Å². The second-order valence-electron chi connectivity index (χ2n) is 5.25. The highest BCUT2D eigenvalue weighted by Crippen LogP contribution is 2.34. The Morgan fingerprint density at radius 3 is 2.82 bits per heavy atom. The molecule has 3 nitrogen and oxygen atoms in total. The maximum atomic E-state index is 4.65. The summed E-state index contributed by atoms with van der Waals surface area (Å²) in [6, 6.07) is 0. The molecule has 1 aliphatic rings. The maximum Gasteiger partial charge on any atom is 0.0659 e. The minimum Gasteiger partial charge on any atom is -0.320 e. The molecule has 0 atom stereocenters. The Morgan fingerprint density at radius 2 is 2.12 bits per heavy atom. The SMILES string of the molecule is CNCCCc1nn(C)cc1C1CCCCC1. The van der Waals surface area contributed by atoms with E-state index < -0.39 is 0 Å². The molecule has 1 heterocycles. The minimum absolute atomic E-state index is 0.780. The lowest BCUT2D eigenvalue weighted by Crippen LogP contribution is -2.10. The summed E-state index contributed by atoms with van der Waals surface area (Å²) in [5.74, 6) is 0.780. The molecule has 1 N–H and O–H groups in total. The van der Waals surface area contributed by atoms with Gasteiger partial charge in [-0.1, -0.05) is 19.3 Å². The predicted octanol–water partition coefficient (Wildman–Crippen LogP) is 2.62. The van der Waals surface area contributed by atoms with E-state index in [4.69, 9.17) is 0 Å². The molecule has 2 rings (SSSR count). The van der Waals surface area contributed by atoms with Crippen molar-refractivity contribution in [1.82, 2.24) is 15.1 Å². The van der Waals surface area contributed by atoms with E-state index in [1.807, 2.05) is 18.8 Å². The van der Waals surface area contributed by atoms with Crippen molar-refractivity contribution in [2.75, 3.05) is 13.6 Å². The van der Waals surface area contributed by atoms with Crippen LogP contribution in [0.5, 0.6) is 0 Å². The average molecular weight is 235 g/mol. The fourth-order valence-electron chi connectivity index (χ4n) is 2.93. The highest BCUT2D eigenvalue weighted by molar-refractivity contribution is 5.22. The van der Waals surface area contributed by atoms with E-state index in [2.05, 4.69) is 16.6 Å². The van der Waals surface area contributed by atoms with Crippen LogP contribution in [0.3, 0.4) is 0 Å². The van der Waals surface area contributed by atoms with Crippen LogP contribution in [0.2, 0.25) is 0 Å². The first-order chi connectivity index (χ1) is 8.31. The monoisotopic (exact) mass is 235 g/mol. The topological polar surface area (TPSA) is 29.9 Å². The van der Waals surface area contributed by atoms with Gasteiger partial charge in [0.05, 0.1) is 5.69 Å². The summed E-state index contributed by atoms with van der Waals surface area (Å²) >= 11 is 0. The maximum absolute atomic E-state index is 4.65. The van der Waals surface area contributed by atoms with Crippen molar-refractivity contribution in [2.24, 2.45) is 7.05 Å². The van der Waals surface area contributed by atoms with E-state index in [0.29, 0.717) is 0 Å². The van der Waals surface area contributed by atoms with Gasteiger partial charge in [-0.05, 0) is 50.8 Å². The van der Waals surface area contributed by atoms with Crippen LogP contribution in [0.4, 0.5) is 0 Å². The molecular formula is C14H25N3. The molecule has 1 fully saturated rings. The normalized spacial score (nSPS) is 17.5. The molecule has 1 aromatic heterocycles. The van der Waals surface area contributed by atoms with E-state index in [-0.39, 0.29) is 0 Å². The Kier molecular flexibility index (Phi) is 4.60. The fraction of sp³-hybridized carbons (Fsp3) is 0.786. The molecule has 17 heavy (non-hydrogen) atoms. The smallest absolute Gasteiger partial charge is 0.0659 e. The van der Waals surface area contributed by atoms with Gasteiger partial charge < -0.3 is 5.32 Å². The predicted molar refractivity (Wildman–Crippen MR) is 71.3 cm³/mol. The zero-order valence-corrected chi connectivity index (χ0v) is 11.2. The summed E-state index contributed by atoms with van der Waals surface area (Å²) in [6.45, 7) is 1.08.